The second-order valence-corrected chi connectivity index (χ2v) is 20.2. The summed E-state index contributed by atoms with van der Waals surface area (Å²) in [6.45, 7) is 18.7. The van der Waals surface area contributed by atoms with Gasteiger partial charge in [0.2, 0.25) is 0 Å². The molecule has 3 unspecified atom stereocenters. The third kappa shape index (κ3) is 9.32. The van der Waals surface area contributed by atoms with Gasteiger partial charge in [-0.15, -0.1) is 5.41 Å². The first-order chi connectivity index (χ1) is 21.8. The van der Waals surface area contributed by atoms with E-state index in [2.05, 4.69) is 158 Å². The number of nitrogens with zero attached hydrogens (tertiary/aromatic N) is 2. The first-order valence-corrected chi connectivity index (χ1v) is 22.2. The molecule has 0 bridgehead atoms. The van der Waals surface area contributed by atoms with E-state index in [4.69, 9.17) is 19.4 Å². The Balaban J connectivity index is 0.000000212. The zero-order valence-corrected chi connectivity index (χ0v) is 32.3. The Labute approximate surface area is 293 Å². The summed E-state index contributed by atoms with van der Waals surface area (Å²) in [5.41, 5.74) is 8.59. The molecule has 1 fully saturated rings. The fourth-order valence-corrected chi connectivity index (χ4v) is 9.39. The van der Waals surface area contributed by atoms with Crippen molar-refractivity contribution in [2.75, 3.05) is 14.1 Å². The van der Waals surface area contributed by atoms with Gasteiger partial charge in [-0.25, -0.2) is 6.54 Å². The van der Waals surface area contributed by atoms with Crippen molar-refractivity contribution in [3.63, 3.8) is 0 Å². The minimum atomic E-state index is -1.79. The van der Waals surface area contributed by atoms with Crippen molar-refractivity contribution in [1.29, 1.82) is 0 Å². The van der Waals surface area contributed by atoms with E-state index >= 15 is 0 Å². The Morgan fingerprint density at radius 2 is 1.50 bits per heavy atom. The Morgan fingerprint density at radius 3 is 2.11 bits per heavy atom. The van der Waals surface area contributed by atoms with Crippen LogP contribution in [0.4, 0.5) is 0 Å². The molecule has 5 rings (SSSR count). The Kier molecular flexibility index (Phi) is 12.7. The standard InChI is InChI=1S/C24H34N.C17H20N.2ClH.Ru/c1-7-19-15-14-18(3)21(8-2)22(19)25-17-24(6,16-23(25,4)5)20-12-10-9-11-13-20;1-15-9-7-8-12-17(15)14-18(2,3)13-16-10-5-4-6-11-16;;;/h9-15,17-18,21H,7-8,16H2,1-6H3;1,4-12H,13-14H2,2-3H3;2*1H;/q-1;+1;;;+2/p-2. The molecule has 3 aromatic carbocycles. The van der Waals surface area contributed by atoms with Crippen molar-refractivity contribution in [2.24, 2.45) is 11.8 Å². The number of benzene rings is 3. The maximum atomic E-state index is 6.03. The molecule has 3 aromatic rings. The van der Waals surface area contributed by atoms with Crippen LogP contribution in [-0.2, 0) is 32.0 Å². The van der Waals surface area contributed by atoms with Crippen LogP contribution in [0, 0.1) is 18.4 Å². The average Bonchev–Trinajstić information content (AvgIpc) is 3.27. The van der Waals surface area contributed by atoms with Crippen LogP contribution in [0.2, 0.25) is 0 Å². The second-order valence-electron chi connectivity index (χ2n) is 14.5. The summed E-state index contributed by atoms with van der Waals surface area (Å²) in [5, 5.41) is 0. The van der Waals surface area contributed by atoms with Crippen molar-refractivity contribution in [1.82, 2.24) is 4.90 Å². The normalized spacial score (nSPS) is 22.7. The van der Waals surface area contributed by atoms with Gasteiger partial charge in [0, 0.05) is 11.5 Å². The van der Waals surface area contributed by atoms with E-state index < -0.39 is 13.5 Å². The van der Waals surface area contributed by atoms with Gasteiger partial charge in [0.25, 0.3) is 0 Å². The molecule has 3 atom stereocenters. The monoisotopic (exact) mass is 746 g/mol. The first-order valence-electron chi connectivity index (χ1n) is 16.7. The molecule has 5 heteroatoms. The molecular weight excluding hydrogens is 692 g/mol. The maximum absolute atomic E-state index is 6.03. The number of halogens is 2. The molecule has 2 nitrogen and oxygen atoms in total. The fourth-order valence-electron chi connectivity index (χ4n) is 7.51. The van der Waals surface area contributed by atoms with E-state index in [0.717, 1.165) is 30.4 Å². The number of likely N-dealkylation sites (tertiary alicyclic amines) is 1. The van der Waals surface area contributed by atoms with Gasteiger partial charge in [-0.05, 0) is 50.3 Å². The first kappa shape index (κ1) is 36.8. The number of allylic oxidation sites excluding steroid dienone is 4. The van der Waals surface area contributed by atoms with E-state index in [1.807, 2.05) is 10.7 Å². The SMILES string of the molecule is CCC1=C(N2[CH-]C(C)(c3ccccc3)CC2(C)C)C(CC)C(C)C=C1.C[N+](C)(Cc1ccccc1)Cc1ccccc1[CH]=[Ru]([Cl])[Cl]. The quantitative estimate of drug-likeness (QED) is 0.120. The fraction of sp³-hybridized carbons (Fsp3) is 0.415. The Bertz CT molecular complexity index is 1520. The third-order valence-corrected chi connectivity index (χ3v) is 11.4. The van der Waals surface area contributed by atoms with E-state index in [-0.39, 0.29) is 11.0 Å². The Hall–Kier alpha value is -2.03. The van der Waals surface area contributed by atoms with Crippen molar-refractivity contribution in [3.05, 3.63) is 137 Å². The molecule has 1 saturated heterocycles. The summed E-state index contributed by atoms with van der Waals surface area (Å²) in [5.74, 6) is 1.23. The van der Waals surface area contributed by atoms with Crippen LogP contribution in [0.25, 0.3) is 0 Å². The molecule has 1 aliphatic heterocycles. The van der Waals surface area contributed by atoms with Gasteiger partial charge in [0.1, 0.15) is 0 Å². The summed E-state index contributed by atoms with van der Waals surface area (Å²) in [6, 6.07) is 30.0. The predicted molar refractivity (Wildman–Crippen MR) is 197 cm³/mol. The van der Waals surface area contributed by atoms with Crippen LogP contribution in [0.3, 0.4) is 0 Å². The number of rotatable bonds is 9. The number of hydrogen-bond donors (Lipinski definition) is 0. The van der Waals surface area contributed by atoms with Gasteiger partial charge in [-0.2, -0.15) is 0 Å². The Morgan fingerprint density at radius 1 is 0.891 bits per heavy atom. The van der Waals surface area contributed by atoms with Crippen LogP contribution in [0.5, 0.6) is 0 Å². The topological polar surface area (TPSA) is 3.24 Å². The molecular formula is C41H54Cl2N2Ru. The van der Waals surface area contributed by atoms with Crippen molar-refractivity contribution >= 4 is 24.0 Å². The summed E-state index contributed by atoms with van der Waals surface area (Å²) < 4.78 is 2.93. The molecule has 2 aliphatic rings. The summed E-state index contributed by atoms with van der Waals surface area (Å²) in [4.78, 5) is 2.65. The van der Waals surface area contributed by atoms with Gasteiger partial charge in [0.05, 0.1) is 0 Å². The molecule has 46 heavy (non-hydrogen) atoms. The van der Waals surface area contributed by atoms with Gasteiger partial charge in [-0.1, -0.05) is 75.7 Å². The molecule has 0 spiro atoms. The van der Waals surface area contributed by atoms with Crippen LogP contribution in [0.1, 0.15) is 83.1 Å². The number of quaternary nitrogens is 1. The van der Waals surface area contributed by atoms with E-state index in [9.17, 15) is 0 Å². The van der Waals surface area contributed by atoms with Crippen LogP contribution in [0.15, 0.2) is 108 Å². The summed E-state index contributed by atoms with van der Waals surface area (Å²) >= 11 is -1.79. The molecule has 0 saturated carbocycles. The number of hydrogen-bond acceptors (Lipinski definition) is 1. The van der Waals surface area contributed by atoms with Crippen LogP contribution in [-0.4, -0.2) is 33.6 Å². The molecule has 1 heterocycles. The second kappa shape index (κ2) is 15.9. The van der Waals surface area contributed by atoms with Gasteiger partial charge in [0.15, 0.2) is 0 Å². The van der Waals surface area contributed by atoms with E-state index in [1.165, 1.54) is 34.2 Å². The summed E-state index contributed by atoms with van der Waals surface area (Å²) in [6.07, 6.45) is 8.26. The average molecular weight is 747 g/mol. The zero-order chi connectivity index (χ0) is 33.5. The molecule has 0 amide bonds. The van der Waals surface area contributed by atoms with Crippen molar-refractivity contribution < 1.29 is 18.0 Å². The molecule has 1 aliphatic carbocycles. The van der Waals surface area contributed by atoms with Gasteiger partial charge in [-0.3, -0.25) is 0 Å². The summed E-state index contributed by atoms with van der Waals surface area (Å²) in [7, 11) is 16.6. The van der Waals surface area contributed by atoms with Crippen molar-refractivity contribution in [3.8, 4) is 0 Å². The van der Waals surface area contributed by atoms with Crippen LogP contribution >= 0.6 is 19.4 Å². The zero-order valence-electron chi connectivity index (χ0n) is 29.1. The van der Waals surface area contributed by atoms with E-state index in [1.54, 1.807) is 5.70 Å². The molecule has 0 aromatic heterocycles. The molecule has 0 N–H and O–H groups in total. The van der Waals surface area contributed by atoms with Crippen LogP contribution < -0.4 is 0 Å². The van der Waals surface area contributed by atoms with Gasteiger partial charge >= 0.3 is 140 Å². The van der Waals surface area contributed by atoms with E-state index in [0.29, 0.717) is 11.8 Å². The minimum absolute atomic E-state index is 0.0965. The third-order valence-electron chi connectivity index (χ3n) is 9.59. The van der Waals surface area contributed by atoms with Crippen molar-refractivity contribution in [2.45, 2.75) is 84.8 Å². The molecule has 0 radical (unpaired) electrons. The van der Waals surface area contributed by atoms with Gasteiger partial charge < -0.3 is 4.90 Å². The predicted octanol–water partition coefficient (Wildman–Crippen LogP) is 11.0. The molecule has 250 valence electrons.